The lowest BCUT2D eigenvalue weighted by molar-refractivity contribution is -0.139. The Morgan fingerprint density at radius 3 is 2.53 bits per heavy atom. The maximum Gasteiger partial charge on any atom is 0.289 e. The van der Waals surface area contributed by atoms with Gasteiger partial charge in [-0.1, -0.05) is 43.2 Å². The fraction of sp³-hybridized carbons (Fsp3) is 0.467. The lowest BCUT2D eigenvalue weighted by Crippen LogP contribution is -2.44. The number of carbonyl (C=O) groups is 2. The smallest absolute Gasteiger partial charge is 0.289 e. The van der Waals surface area contributed by atoms with Crippen molar-refractivity contribution >= 4 is 11.7 Å². The van der Waals surface area contributed by atoms with Crippen molar-refractivity contribution in [2.45, 2.75) is 31.8 Å². The predicted molar refractivity (Wildman–Crippen MR) is 73.5 cm³/mol. The summed E-state index contributed by atoms with van der Waals surface area (Å²) in [6.45, 7) is 0.394. The first-order valence-electron chi connectivity index (χ1n) is 6.74. The van der Waals surface area contributed by atoms with Crippen LogP contribution in [0, 0.1) is 5.92 Å². The molecule has 19 heavy (non-hydrogen) atoms. The van der Waals surface area contributed by atoms with Gasteiger partial charge in [0.15, 0.2) is 0 Å². The van der Waals surface area contributed by atoms with E-state index in [0.717, 1.165) is 12.0 Å². The summed E-state index contributed by atoms with van der Waals surface area (Å²) >= 11 is 0. The molecular formula is C15H20N2O2. The van der Waals surface area contributed by atoms with Crippen LogP contribution in [0.2, 0.25) is 0 Å². The molecule has 1 aromatic carbocycles. The van der Waals surface area contributed by atoms with Gasteiger partial charge < -0.3 is 10.6 Å². The molecule has 0 saturated heterocycles. The van der Waals surface area contributed by atoms with Crippen molar-refractivity contribution in [2.75, 3.05) is 7.05 Å². The van der Waals surface area contributed by atoms with Gasteiger partial charge in [0.25, 0.3) is 5.91 Å². The molecule has 0 radical (unpaired) electrons. The molecule has 1 aliphatic carbocycles. The summed E-state index contributed by atoms with van der Waals surface area (Å²) in [5, 5.41) is 5.62. The number of nitrogens with one attached hydrogen (secondary N) is 2. The van der Waals surface area contributed by atoms with E-state index in [1.54, 1.807) is 7.05 Å². The SMILES string of the molecule is CNC(CC1CC1)C(=O)C(=O)NCc1ccccc1. The van der Waals surface area contributed by atoms with Crippen LogP contribution in [-0.4, -0.2) is 24.8 Å². The molecule has 0 aliphatic heterocycles. The number of hydrogen-bond donors (Lipinski definition) is 2. The fourth-order valence-electron chi connectivity index (χ4n) is 2.07. The van der Waals surface area contributed by atoms with Crippen molar-refractivity contribution in [3.63, 3.8) is 0 Å². The van der Waals surface area contributed by atoms with E-state index in [4.69, 9.17) is 0 Å². The lowest BCUT2D eigenvalue weighted by Gasteiger charge is -2.14. The minimum Gasteiger partial charge on any atom is -0.345 e. The highest BCUT2D eigenvalue weighted by molar-refractivity contribution is 6.38. The van der Waals surface area contributed by atoms with Gasteiger partial charge in [-0.25, -0.2) is 0 Å². The van der Waals surface area contributed by atoms with Gasteiger partial charge in [-0.2, -0.15) is 0 Å². The quantitative estimate of drug-likeness (QED) is 0.726. The van der Waals surface area contributed by atoms with Crippen LogP contribution in [0.3, 0.4) is 0 Å². The zero-order chi connectivity index (χ0) is 13.7. The number of amides is 1. The zero-order valence-corrected chi connectivity index (χ0v) is 11.2. The molecule has 4 nitrogen and oxygen atoms in total. The average molecular weight is 260 g/mol. The normalized spacial score (nSPS) is 15.8. The molecule has 1 amide bonds. The Morgan fingerprint density at radius 2 is 1.95 bits per heavy atom. The molecule has 0 aromatic heterocycles. The predicted octanol–water partition coefficient (Wildman–Crippen LogP) is 1.26. The van der Waals surface area contributed by atoms with Gasteiger partial charge in [-0.05, 0) is 24.9 Å². The maximum atomic E-state index is 12.0. The highest BCUT2D eigenvalue weighted by Gasteiger charge is 2.31. The van der Waals surface area contributed by atoms with E-state index in [0.29, 0.717) is 12.5 Å². The van der Waals surface area contributed by atoms with E-state index >= 15 is 0 Å². The summed E-state index contributed by atoms with van der Waals surface area (Å²) in [6, 6.07) is 9.24. The van der Waals surface area contributed by atoms with Gasteiger partial charge in [0.1, 0.15) is 0 Å². The van der Waals surface area contributed by atoms with Gasteiger partial charge in [0.2, 0.25) is 5.78 Å². The maximum absolute atomic E-state index is 12.0. The molecule has 0 heterocycles. The van der Waals surface area contributed by atoms with Gasteiger partial charge in [0, 0.05) is 6.54 Å². The monoisotopic (exact) mass is 260 g/mol. The van der Waals surface area contributed by atoms with E-state index in [2.05, 4.69) is 10.6 Å². The molecule has 2 rings (SSSR count). The van der Waals surface area contributed by atoms with E-state index in [9.17, 15) is 9.59 Å². The molecule has 102 valence electrons. The topological polar surface area (TPSA) is 58.2 Å². The number of Topliss-reactive ketones (excluding diaryl/α,β-unsaturated/α-hetero) is 1. The summed E-state index contributed by atoms with van der Waals surface area (Å²) < 4.78 is 0. The number of likely N-dealkylation sites (N-methyl/N-ethyl adjacent to an activating group) is 1. The Kier molecular flexibility index (Phi) is 4.68. The number of benzene rings is 1. The Balaban J connectivity index is 1.82. The van der Waals surface area contributed by atoms with E-state index < -0.39 is 5.91 Å². The third-order valence-electron chi connectivity index (χ3n) is 3.45. The number of carbonyl (C=O) groups excluding carboxylic acids is 2. The second-order valence-corrected chi connectivity index (χ2v) is 5.05. The first kappa shape index (κ1) is 13.7. The molecular weight excluding hydrogens is 240 g/mol. The number of ketones is 1. The first-order chi connectivity index (χ1) is 9.20. The Morgan fingerprint density at radius 1 is 1.26 bits per heavy atom. The summed E-state index contributed by atoms with van der Waals surface area (Å²) in [6.07, 6.45) is 3.13. The largest absolute Gasteiger partial charge is 0.345 e. The van der Waals surface area contributed by atoms with Crippen LogP contribution >= 0.6 is 0 Å². The highest BCUT2D eigenvalue weighted by atomic mass is 16.2. The van der Waals surface area contributed by atoms with Crippen LogP contribution in [0.1, 0.15) is 24.8 Å². The minimum atomic E-state index is -0.496. The minimum absolute atomic E-state index is 0.344. The Labute approximate surface area is 113 Å². The van der Waals surface area contributed by atoms with Crippen LogP contribution in [-0.2, 0) is 16.1 Å². The second kappa shape index (κ2) is 6.48. The average Bonchev–Trinajstić information content (AvgIpc) is 3.26. The molecule has 1 unspecified atom stereocenters. The van der Waals surface area contributed by atoms with Gasteiger partial charge in [0.05, 0.1) is 6.04 Å². The molecule has 4 heteroatoms. The van der Waals surface area contributed by atoms with Crippen LogP contribution < -0.4 is 10.6 Å². The van der Waals surface area contributed by atoms with Crippen molar-refractivity contribution in [1.29, 1.82) is 0 Å². The van der Waals surface area contributed by atoms with Gasteiger partial charge in [-0.15, -0.1) is 0 Å². The standard InChI is InChI=1S/C15H20N2O2/c1-16-13(9-11-7-8-11)14(18)15(19)17-10-12-5-3-2-4-6-12/h2-6,11,13,16H,7-10H2,1H3,(H,17,19). The molecule has 1 fully saturated rings. The fourth-order valence-corrected chi connectivity index (χ4v) is 2.07. The molecule has 1 aromatic rings. The lowest BCUT2D eigenvalue weighted by atomic mass is 10.1. The molecule has 1 aliphatic rings. The highest BCUT2D eigenvalue weighted by Crippen LogP contribution is 2.33. The summed E-state index contributed by atoms with van der Waals surface area (Å²) in [4.78, 5) is 23.8. The molecule has 1 saturated carbocycles. The molecule has 1 atom stereocenters. The first-order valence-corrected chi connectivity index (χ1v) is 6.74. The van der Waals surface area contributed by atoms with Crippen LogP contribution in [0.15, 0.2) is 30.3 Å². The third-order valence-corrected chi connectivity index (χ3v) is 3.45. The summed E-state index contributed by atoms with van der Waals surface area (Å²) in [5.41, 5.74) is 0.992. The van der Waals surface area contributed by atoms with Crippen molar-refractivity contribution in [2.24, 2.45) is 5.92 Å². The van der Waals surface area contributed by atoms with Crippen LogP contribution in [0.5, 0.6) is 0 Å². The third kappa shape index (κ3) is 4.17. The molecule has 0 bridgehead atoms. The molecule has 2 N–H and O–H groups in total. The van der Waals surface area contributed by atoms with E-state index in [1.165, 1.54) is 12.8 Å². The number of rotatable bonds is 7. The molecule has 0 spiro atoms. The second-order valence-electron chi connectivity index (χ2n) is 5.05. The van der Waals surface area contributed by atoms with E-state index in [-0.39, 0.29) is 11.8 Å². The zero-order valence-electron chi connectivity index (χ0n) is 11.2. The van der Waals surface area contributed by atoms with Crippen molar-refractivity contribution in [1.82, 2.24) is 10.6 Å². The Bertz CT molecular complexity index is 441. The van der Waals surface area contributed by atoms with Crippen LogP contribution in [0.4, 0.5) is 0 Å². The van der Waals surface area contributed by atoms with Crippen molar-refractivity contribution < 1.29 is 9.59 Å². The summed E-state index contributed by atoms with van der Waals surface area (Å²) in [7, 11) is 1.73. The Hall–Kier alpha value is -1.68. The van der Waals surface area contributed by atoms with Crippen molar-refractivity contribution in [3.05, 3.63) is 35.9 Å². The van der Waals surface area contributed by atoms with Gasteiger partial charge in [-0.3, -0.25) is 9.59 Å². The van der Waals surface area contributed by atoms with Crippen molar-refractivity contribution in [3.8, 4) is 0 Å². The van der Waals surface area contributed by atoms with E-state index in [1.807, 2.05) is 30.3 Å². The summed E-state index contributed by atoms with van der Waals surface area (Å²) in [5.74, 6) is -0.238. The van der Waals surface area contributed by atoms with Crippen LogP contribution in [0.25, 0.3) is 0 Å². The number of hydrogen-bond acceptors (Lipinski definition) is 3. The van der Waals surface area contributed by atoms with Gasteiger partial charge >= 0.3 is 0 Å².